The number of halogens is 1. The van der Waals surface area contributed by atoms with Gasteiger partial charge in [0.1, 0.15) is 5.82 Å². The van der Waals surface area contributed by atoms with E-state index in [4.69, 9.17) is 5.73 Å². The zero-order valence-corrected chi connectivity index (χ0v) is 11.7. The second-order valence-corrected chi connectivity index (χ2v) is 5.50. The van der Waals surface area contributed by atoms with Crippen molar-refractivity contribution in [2.75, 3.05) is 32.9 Å². The van der Waals surface area contributed by atoms with Gasteiger partial charge >= 0.3 is 0 Å². The summed E-state index contributed by atoms with van der Waals surface area (Å²) in [4.78, 5) is 15.9. The van der Waals surface area contributed by atoms with Gasteiger partial charge in [-0.15, -0.1) is 0 Å². The molecule has 1 fully saturated rings. The minimum Gasteiger partial charge on any atom is -0.399 e. The molecule has 3 N–H and O–H groups in total. The monoisotopic (exact) mass is 281 g/mol. The van der Waals surface area contributed by atoms with Gasteiger partial charge in [-0.05, 0) is 38.7 Å². The number of benzene rings is 1. The molecular weight excluding hydrogens is 261 g/mol. The van der Waals surface area contributed by atoms with Crippen LogP contribution in [0.3, 0.4) is 0 Å². The Kier molecular flexibility index (Phi) is 4.25. The molecule has 2 unspecified atom stereocenters. The third-order valence-electron chi connectivity index (χ3n) is 3.45. The first kappa shape index (κ1) is 14.7. The van der Waals surface area contributed by atoms with Crippen LogP contribution in [-0.4, -0.2) is 60.1 Å². The Morgan fingerprint density at radius 3 is 2.85 bits per heavy atom. The van der Waals surface area contributed by atoms with Crippen LogP contribution in [0.4, 0.5) is 10.1 Å². The Labute approximate surface area is 117 Å². The molecule has 0 spiro atoms. The van der Waals surface area contributed by atoms with Gasteiger partial charge in [0.15, 0.2) is 0 Å². The molecule has 1 aliphatic rings. The van der Waals surface area contributed by atoms with Crippen LogP contribution < -0.4 is 5.73 Å². The average Bonchev–Trinajstić information content (AvgIpc) is 2.68. The van der Waals surface area contributed by atoms with Gasteiger partial charge in [0, 0.05) is 24.8 Å². The highest BCUT2D eigenvalue weighted by atomic mass is 19.1. The van der Waals surface area contributed by atoms with Crippen molar-refractivity contribution in [2.45, 2.75) is 18.6 Å². The molecular formula is C14H20FN3O2. The number of hydrogen-bond acceptors (Lipinski definition) is 4. The van der Waals surface area contributed by atoms with Crippen molar-refractivity contribution in [3.63, 3.8) is 0 Å². The standard InChI is InChI=1S/C14H20FN3O2/c1-17(2)7-10-6-11(19)8-18(10)14(20)12-4-3-9(16)5-13(12)15/h3-5,10-11,19H,6-8,16H2,1-2H3. The summed E-state index contributed by atoms with van der Waals surface area (Å²) in [5.74, 6) is -1.02. The van der Waals surface area contributed by atoms with Crippen molar-refractivity contribution in [1.29, 1.82) is 0 Å². The van der Waals surface area contributed by atoms with E-state index in [9.17, 15) is 14.3 Å². The molecule has 0 aliphatic carbocycles. The molecule has 1 saturated heterocycles. The van der Waals surface area contributed by atoms with E-state index in [1.54, 1.807) is 4.90 Å². The average molecular weight is 281 g/mol. The third kappa shape index (κ3) is 3.08. The van der Waals surface area contributed by atoms with Gasteiger partial charge in [0.05, 0.1) is 11.7 Å². The van der Waals surface area contributed by atoms with Crippen molar-refractivity contribution in [3.8, 4) is 0 Å². The van der Waals surface area contributed by atoms with Crippen LogP contribution in [0.5, 0.6) is 0 Å². The lowest BCUT2D eigenvalue weighted by Crippen LogP contribution is -2.41. The number of β-amino-alcohol motifs (C(OH)–C–C–N with tert-alkyl or cyclic N) is 1. The second kappa shape index (κ2) is 5.76. The minimum absolute atomic E-state index is 0.00273. The van der Waals surface area contributed by atoms with Crippen molar-refractivity contribution in [1.82, 2.24) is 9.80 Å². The first-order chi connectivity index (χ1) is 9.38. The summed E-state index contributed by atoms with van der Waals surface area (Å²) in [6.45, 7) is 0.876. The molecule has 0 bridgehead atoms. The fraction of sp³-hybridized carbons (Fsp3) is 0.500. The molecule has 0 saturated carbocycles. The number of hydrogen-bond donors (Lipinski definition) is 2. The Bertz CT molecular complexity index is 507. The number of aliphatic hydroxyl groups excluding tert-OH is 1. The van der Waals surface area contributed by atoms with Crippen LogP contribution >= 0.6 is 0 Å². The maximum Gasteiger partial charge on any atom is 0.257 e. The molecule has 5 nitrogen and oxygen atoms in total. The first-order valence-electron chi connectivity index (χ1n) is 6.57. The number of aliphatic hydroxyl groups is 1. The molecule has 2 atom stereocenters. The number of carbonyl (C=O) groups excluding carboxylic acids is 1. The van der Waals surface area contributed by atoms with Crippen molar-refractivity contribution in [2.24, 2.45) is 0 Å². The number of anilines is 1. The van der Waals surface area contributed by atoms with Gasteiger partial charge < -0.3 is 20.6 Å². The number of carbonyl (C=O) groups is 1. The molecule has 0 aromatic heterocycles. The molecule has 1 aromatic carbocycles. The smallest absolute Gasteiger partial charge is 0.257 e. The molecule has 1 aromatic rings. The molecule has 1 heterocycles. The predicted molar refractivity (Wildman–Crippen MR) is 74.8 cm³/mol. The Morgan fingerprint density at radius 1 is 1.55 bits per heavy atom. The topological polar surface area (TPSA) is 69.8 Å². The summed E-state index contributed by atoms with van der Waals surface area (Å²) in [6.07, 6.45) is -0.0405. The van der Waals surface area contributed by atoms with E-state index < -0.39 is 17.8 Å². The Balaban J connectivity index is 2.22. The van der Waals surface area contributed by atoms with Crippen molar-refractivity contribution < 1.29 is 14.3 Å². The highest BCUT2D eigenvalue weighted by Gasteiger charge is 2.35. The number of nitrogen functional groups attached to an aromatic ring is 1. The number of rotatable bonds is 3. The quantitative estimate of drug-likeness (QED) is 0.794. The molecule has 1 aliphatic heterocycles. The van der Waals surface area contributed by atoms with Gasteiger partial charge in [-0.2, -0.15) is 0 Å². The summed E-state index contributed by atoms with van der Waals surface area (Å²) in [5, 5.41) is 9.77. The lowest BCUT2D eigenvalue weighted by atomic mass is 10.1. The Hall–Kier alpha value is -1.66. The van der Waals surface area contributed by atoms with Crippen LogP contribution in [0.25, 0.3) is 0 Å². The molecule has 110 valence electrons. The summed E-state index contributed by atoms with van der Waals surface area (Å²) in [6, 6.07) is 3.93. The largest absolute Gasteiger partial charge is 0.399 e. The van der Waals surface area contributed by atoms with Gasteiger partial charge in [-0.1, -0.05) is 0 Å². The Morgan fingerprint density at radius 2 is 2.25 bits per heavy atom. The van der Waals surface area contributed by atoms with E-state index in [1.807, 2.05) is 19.0 Å². The van der Waals surface area contributed by atoms with Gasteiger partial charge in [0.25, 0.3) is 5.91 Å². The van der Waals surface area contributed by atoms with E-state index in [0.717, 1.165) is 6.07 Å². The van der Waals surface area contributed by atoms with Crippen LogP contribution in [0.15, 0.2) is 18.2 Å². The summed E-state index contributed by atoms with van der Waals surface area (Å²) >= 11 is 0. The number of likely N-dealkylation sites (N-methyl/N-ethyl adjacent to an activating group) is 1. The maximum atomic E-state index is 13.8. The number of likely N-dealkylation sites (tertiary alicyclic amines) is 1. The normalized spacial score (nSPS) is 22.6. The fourth-order valence-electron chi connectivity index (χ4n) is 2.59. The highest BCUT2D eigenvalue weighted by Crippen LogP contribution is 2.23. The molecule has 0 radical (unpaired) electrons. The lowest BCUT2D eigenvalue weighted by Gasteiger charge is -2.27. The SMILES string of the molecule is CN(C)CC1CC(O)CN1C(=O)c1ccc(N)cc1F. The lowest BCUT2D eigenvalue weighted by molar-refractivity contribution is 0.0694. The van der Waals surface area contributed by atoms with E-state index in [-0.39, 0.29) is 23.8 Å². The number of nitrogens with two attached hydrogens (primary N) is 1. The number of amides is 1. The van der Waals surface area contributed by atoms with Crippen LogP contribution in [0.2, 0.25) is 0 Å². The minimum atomic E-state index is -0.625. The van der Waals surface area contributed by atoms with E-state index in [0.29, 0.717) is 13.0 Å². The molecule has 6 heteroatoms. The van der Waals surface area contributed by atoms with E-state index in [1.165, 1.54) is 12.1 Å². The summed E-state index contributed by atoms with van der Waals surface area (Å²) in [7, 11) is 3.80. The summed E-state index contributed by atoms with van der Waals surface area (Å²) < 4.78 is 13.8. The maximum absolute atomic E-state index is 13.8. The fourth-order valence-corrected chi connectivity index (χ4v) is 2.59. The van der Waals surface area contributed by atoms with Crippen molar-refractivity contribution >= 4 is 11.6 Å². The zero-order chi connectivity index (χ0) is 14.9. The van der Waals surface area contributed by atoms with Crippen LogP contribution in [0.1, 0.15) is 16.8 Å². The third-order valence-corrected chi connectivity index (χ3v) is 3.45. The molecule has 2 rings (SSSR count). The predicted octanol–water partition coefficient (Wildman–Crippen LogP) is 0.545. The van der Waals surface area contributed by atoms with Gasteiger partial charge in [-0.3, -0.25) is 4.79 Å². The summed E-state index contributed by atoms with van der Waals surface area (Å²) in [5.41, 5.74) is 5.76. The molecule has 1 amide bonds. The van der Waals surface area contributed by atoms with Crippen LogP contribution in [0, 0.1) is 5.82 Å². The van der Waals surface area contributed by atoms with Crippen LogP contribution in [-0.2, 0) is 0 Å². The first-order valence-corrected chi connectivity index (χ1v) is 6.57. The van der Waals surface area contributed by atoms with E-state index in [2.05, 4.69) is 0 Å². The second-order valence-electron chi connectivity index (χ2n) is 5.50. The van der Waals surface area contributed by atoms with Gasteiger partial charge in [0.2, 0.25) is 0 Å². The highest BCUT2D eigenvalue weighted by molar-refractivity contribution is 5.95. The molecule has 20 heavy (non-hydrogen) atoms. The van der Waals surface area contributed by atoms with E-state index >= 15 is 0 Å². The number of nitrogens with zero attached hydrogens (tertiary/aromatic N) is 2. The van der Waals surface area contributed by atoms with Crippen molar-refractivity contribution in [3.05, 3.63) is 29.6 Å². The zero-order valence-electron chi connectivity index (χ0n) is 11.7. The van der Waals surface area contributed by atoms with Gasteiger partial charge in [-0.25, -0.2) is 4.39 Å².